The van der Waals surface area contributed by atoms with Crippen LogP contribution in [0.1, 0.15) is 50.3 Å². The molecular weight excluding hydrogens is 480 g/mol. The summed E-state index contributed by atoms with van der Waals surface area (Å²) in [5.41, 5.74) is 1.76. The Morgan fingerprint density at radius 3 is 1.79 bits per heavy atom. The Bertz CT molecular complexity index is 1140. The molecule has 0 spiro atoms. The molecular formula is C31H36N2O5. The summed E-state index contributed by atoms with van der Waals surface area (Å²) in [6.07, 6.45) is -0.719. The van der Waals surface area contributed by atoms with Gasteiger partial charge < -0.3 is 19.7 Å². The minimum absolute atomic E-state index is 0.168. The molecule has 0 bridgehead atoms. The summed E-state index contributed by atoms with van der Waals surface area (Å²) < 4.78 is 10.7. The van der Waals surface area contributed by atoms with Gasteiger partial charge in [0, 0.05) is 12.5 Å². The lowest BCUT2D eigenvalue weighted by Crippen LogP contribution is -2.53. The van der Waals surface area contributed by atoms with Crippen LogP contribution >= 0.6 is 0 Å². The first-order valence-electron chi connectivity index (χ1n) is 12.8. The second kappa shape index (κ2) is 13.4. The number of ether oxygens (including phenoxy) is 2. The first-order chi connectivity index (χ1) is 18.2. The molecule has 0 saturated heterocycles. The molecule has 0 aliphatic rings. The quantitative estimate of drug-likeness (QED) is 0.370. The molecule has 0 aliphatic carbocycles. The summed E-state index contributed by atoms with van der Waals surface area (Å²) in [4.78, 5) is 41.4. The van der Waals surface area contributed by atoms with E-state index in [2.05, 4.69) is 5.32 Å². The highest BCUT2D eigenvalue weighted by Gasteiger charge is 2.37. The molecule has 38 heavy (non-hydrogen) atoms. The van der Waals surface area contributed by atoms with Gasteiger partial charge in [-0.2, -0.15) is 0 Å². The SMILES string of the molecule is CCOC(=O)CN(Cc1ccccc1)C(=O)[C@H](NC(=O)OC(C)(C)C)C(c1ccccc1)c1ccccc1. The van der Waals surface area contributed by atoms with E-state index in [1.165, 1.54) is 4.90 Å². The third-order valence-electron chi connectivity index (χ3n) is 5.74. The van der Waals surface area contributed by atoms with Gasteiger partial charge in [0.2, 0.25) is 5.91 Å². The minimum atomic E-state index is -1.06. The van der Waals surface area contributed by atoms with Crippen LogP contribution in [-0.2, 0) is 25.6 Å². The van der Waals surface area contributed by atoms with Crippen LogP contribution in [0.3, 0.4) is 0 Å². The predicted molar refractivity (Wildman–Crippen MR) is 146 cm³/mol. The van der Waals surface area contributed by atoms with Gasteiger partial charge in [-0.05, 0) is 44.4 Å². The summed E-state index contributed by atoms with van der Waals surface area (Å²) in [6.45, 7) is 7.11. The zero-order valence-electron chi connectivity index (χ0n) is 22.4. The van der Waals surface area contributed by atoms with Crippen molar-refractivity contribution in [3.63, 3.8) is 0 Å². The molecule has 0 radical (unpaired) electrons. The van der Waals surface area contributed by atoms with Crippen LogP contribution in [0.4, 0.5) is 4.79 Å². The molecule has 0 saturated carbocycles. The molecule has 200 valence electrons. The molecule has 3 aromatic carbocycles. The highest BCUT2D eigenvalue weighted by molar-refractivity contribution is 5.90. The van der Waals surface area contributed by atoms with Crippen LogP contribution in [0.5, 0.6) is 0 Å². The Morgan fingerprint density at radius 2 is 1.32 bits per heavy atom. The largest absolute Gasteiger partial charge is 0.465 e. The van der Waals surface area contributed by atoms with Gasteiger partial charge in [-0.15, -0.1) is 0 Å². The number of nitrogens with one attached hydrogen (secondary N) is 1. The number of carbonyl (C=O) groups excluding carboxylic acids is 3. The van der Waals surface area contributed by atoms with Crippen LogP contribution < -0.4 is 5.32 Å². The normalized spacial score (nSPS) is 11.9. The lowest BCUT2D eigenvalue weighted by Gasteiger charge is -2.33. The van der Waals surface area contributed by atoms with Crippen molar-refractivity contribution in [3.05, 3.63) is 108 Å². The van der Waals surface area contributed by atoms with Gasteiger partial charge in [-0.25, -0.2) is 4.79 Å². The Balaban J connectivity index is 2.08. The van der Waals surface area contributed by atoms with Crippen LogP contribution in [0, 0.1) is 0 Å². The van der Waals surface area contributed by atoms with Gasteiger partial charge in [0.15, 0.2) is 0 Å². The van der Waals surface area contributed by atoms with E-state index in [0.717, 1.165) is 16.7 Å². The molecule has 1 N–H and O–H groups in total. The number of rotatable bonds is 10. The third kappa shape index (κ3) is 8.47. The van der Waals surface area contributed by atoms with Gasteiger partial charge in [0.1, 0.15) is 18.2 Å². The summed E-state index contributed by atoms with van der Waals surface area (Å²) >= 11 is 0. The van der Waals surface area contributed by atoms with E-state index in [1.807, 2.05) is 91.0 Å². The number of hydrogen-bond acceptors (Lipinski definition) is 5. The Morgan fingerprint density at radius 1 is 0.816 bits per heavy atom. The lowest BCUT2D eigenvalue weighted by atomic mass is 9.84. The maximum absolute atomic E-state index is 14.3. The van der Waals surface area contributed by atoms with Crippen LogP contribution in [0.25, 0.3) is 0 Å². The van der Waals surface area contributed by atoms with Crippen molar-refractivity contribution in [2.75, 3.05) is 13.2 Å². The van der Waals surface area contributed by atoms with Crippen molar-refractivity contribution in [1.82, 2.24) is 10.2 Å². The van der Waals surface area contributed by atoms with Crippen molar-refractivity contribution in [2.24, 2.45) is 0 Å². The van der Waals surface area contributed by atoms with E-state index in [9.17, 15) is 14.4 Å². The zero-order chi connectivity index (χ0) is 27.5. The predicted octanol–water partition coefficient (Wildman–Crippen LogP) is 5.30. The molecule has 0 unspecified atom stereocenters. The third-order valence-corrected chi connectivity index (χ3v) is 5.74. The van der Waals surface area contributed by atoms with Gasteiger partial charge in [-0.1, -0.05) is 91.0 Å². The van der Waals surface area contributed by atoms with E-state index < -0.39 is 35.5 Å². The second-order valence-electron chi connectivity index (χ2n) is 9.91. The molecule has 7 heteroatoms. The van der Waals surface area contributed by atoms with Gasteiger partial charge in [0.05, 0.1) is 6.61 Å². The summed E-state index contributed by atoms with van der Waals surface area (Å²) in [6, 6.07) is 27.3. The number of nitrogens with zero attached hydrogens (tertiary/aromatic N) is 1. The summed E-state index contributed by atoms with van der Waals surface area (Å²) in [7, 11) is 0. The van der Waals surface area contributed by atoms with E-state index in [0.29, 0.717) is 0 Å². The number of amides is 2. The Labute approximate surface area is 224 Å². The number of alkyl carbamates (subject to hydrolysis) is 1. The van der Waals surface area contributed by atoms with E-state index in [-0.39, 0.29) is 19.7 Å². The molecule has 3 aromatic rings. The zero-order valence-corrected chi connectivity index (χ0v) is 22.4. The van der Waals surface area contributed by atoms with Crippen molar-refractivity contribution in [1.29, 1.82) is 0 Å². The van der Waals surface area contributed by atoms with E-state index in [4.69, 9.17) is 9.47 Å². The molecule has 0 heterocycles. The molecule has 0 fully saturated rings. The standard InChI is InChI=1S/C31H36N2O5/c1-5-37-26(34)22-33(21-23-15-9-6-10-16-23)29(35)28(32-30(36)38-31(2,3)4)27(24-17-11-7-12-18-24)25-19-13-8-14-20-25/h6-20,27-28H,5,21-22H2,1-4H3,(H,32,36)/t28-/m1/s1. The second-order valence-corrected chi connectivity index (χ2v) is 9.91. The average Bonchev–Trinajstić information content (AvgIpc) is 2.88. The lowest BCUT2D eigenvalue weighted by molar-refractivity contribution is -0.150. The summed E-state index contributed by atoms with van der Waals surface area (Å²) in [5.74, 6) is -1.49. The van der Waals surface area contributed by atoms with E-state index >= 15 is 0 Å². The highest BCUT2D eigenvalue weighted by atomic mass is 16.6. The average molecular weight is 517 g/mol. The fraction of sp³-hybridized carbons (Fsp3) is 0.323. The first-order valence-corrected chi connectivity index (χ1v) is 12.8. The fourth-order valence-electron chi connectivity index (χ4n) is 4.19. The first kappa shape index (κ1) is 28.4. The Kier molecular flexibility index (Phi) is 10.0. The molecule has 0 aromatic heterocycles. The van der Waals surface area contributed by atoms with Crippen molar-refractivity contribution < 1.29 is 23.9 Å². The van der Waals surface area contributed by atoms with Gasteiger partial charge >= 0.3 is 12.1 Å². The number of esters is 1. The number of benzene rings is 3. The van der Waals surface area contributed by atoms with E-state index in [1.54, 1.807) is 27.7 Å². The Hall–Kier alpha value is -4.13. The smallest absolute Gasteiger partial charge is 0.408 e. The molecule has 1 atom stereocenters. The topological polar surface area (TPSA) is 84.9 Å². The maximum atomic E-state index is 14.3. The van der Waals surface area contributed by atoms with Crippen molar-refractivity contribution >= 4 is 18.0 Å². The van der Waals surface area contributed by atoms with Crippen molar-refractivity contribution in [3.8, 4) is 0 Å². The minimum Gasteiger partial charge on any atom is -0.465 e. The van der Waals surface area contributed by atoms with Crippen LogP contribution in [0.15, 0.2) is 91.0 Å². The molecule has 0 aliphatic heterocycles. The van der Waals surface area contributed by atoms with Crippen molar-refractivity contribution in [2.45, 2.75) is 51.8 Å². The number of carbonyl (C=O) groups is 3. The van der Waals surface area contributed by atoms with Gasteiger partial charge in [0.25, 0.3) is 0 Å². The highest BCUT2D eigenvalue weighted by Crippen LogP contribution is 2.30. The fourth-order valence-corrected chi connectivity index (χ4v) is 4.19. The van der Waals surface area contributed by atoms with Crippen LogP contribution in [-0.4, -0.2) is 47.7 Å². The maximum Gasteiger partial charge on any atom is 0.408 e. The summed E-state index contributed by atoms with van der Waals surface area (Å²) in [5, 5.41) is 2.84. The molecule has 3 rings (SSSR count). The van der Waals surface area contributed by atoms with Crippen LogP contribution in [0.2, 0.25) is 0 Å². The number of hydrogen-bond donors (Lipinski definition) is 1. The molecule has 2 amide bonds. The molecule has 7 nitrogen and oxygen atoms in total. The van der Waals surface area contributed by atoms with Gasteiger partial charge in [-0.3, -0.25) is 9.59 Å². The monoisotopic (exact) mass is 516 g/mol.